The molecule has 0 radical (unpaired) electrons. The molecule has 1 amide bonds. The van der Waals surface area contributed by atoms with Crippen LogP contribution in [0.5, 0.6) is 0 Å². The van der Waals surface area contributed by atoms with Gasteiger partial charge in [-0.1, -0.05) is 15.9 Å². The molecule has 0 spiro atoms. The number of alkyl halides is 1. The summed E-state index contributed by atoms with van der Waals surface area (Å²) in [6.07, 6.45) is 7.82. The fourth-order valence-electron chi connectivity index (χ4n) is 2.67. The molecule has 98 valence electrons. The maximum absolute atomic E-state index is 11.7. The highest BCUT2D eigenvalue weighted by atomic mass is 79.9. The van der Waals surface area contributed by atoms with Crippen molar-refractivity contribution in [2.24, 2.45) is 5.92 Å². The minimum absolute atomic E-state index is 0.165. The van der Waals surface area contributed by atoms with Crippen LogP contribution in [0.15, 0.2) is 0 Å². The van der Waals surface area contributed by atoms with Crippen molar-refractivity contribution in [3.05, 3.63) is 0 Å². The summed E-state index contributed by atoms with van der Waals surface area (Å²) in [5.41, 5.74) is 0. The fourth-order valence-corrected chi connectivity index (χ4v) is 3.20. The summed E-state index contributed by atoms with van der Waals surface area (Å²) < 4.78 is 5.46. The number of amides is 1. The molecule has 1 aliphatic heterocycles. The summed E-state index contributed by atoms with van der Waals surface area (Å²) in [7, 11) is 0. The monoisotopic (exact) mass is 303 g/mol. The van der Waals surface area contributed by atoms with Gasteiger partial charge in [-0.2, -0.15) is 0 Å². The normalized spacial score (nSPS) is 33.6. The maximum atomic E-state index is 11.7. The van der Waals surface area contributed by atoms with Crippen LogP contribution in [0.1, 0.15) is 44.9 Å². The molecular weight excluding hydrogens is 282 g/mol. The quantitative estimate of drug-likeness (QED) is 0.811. The van der Waals surface area contributed by atoms with Crippen LogP contribution in [0.25, 0.3) is 0 Å². The first-order chi connectivity index (χ1) is 8.24. The number of ether oxygens (including phenoxy) is 1. The van der Waals surface area contributed by atoms with Gasteiger partial charge in [0.2, 0.25) is 5.91 Å². The molecule has 2 fully saturated rings. The van der Waals surface area contributed by atoms with Gasteiger partial charge >= 0.3 is 0 Å². The number of hydrogen-bond acceptors (Lipinski definition) is 2. The molecule has 2 rings (SSSR count). The zero-order chi connectivity index (χ0) is 12.1. The minimum atomic E-state index is 0.165. The fraction of sp³-hybridized carbons (Fsp3) is 0.923. The van der Waals surface area contributed by atoms with E-state index in [2.05, 4.69) is 21.2 Å². The van der Waals surface area contributed by atoms with Crippen LogP contribution in [0.3, 0.4) is 0 Å². The van der Waals surface area contributed by atoms with E-state index in [-0.39, 0.29) is 12.0 Å². The van der Waals surface area contributed by atoms with Gasteiger partial charge in [-0.15, -0.1) is 0 Å². The Morgan fingerprint density at radius 2 is 2.00 bits per heavy atom. The number of carbonyl (C=O) groups excluding carboxylic acids is 1. The highest BCUT2D eigenvalue weighted by Gasteiger charge is 2.21. The first-order valence-corrected chi connectivity index (χ1v) is 7.68. The van der Waals surface area contributed by atoms with Gasteiger partial charge in [-0.05, 0) is 44.4 Å². The maximum Gasteiger partial charge on any atom is 0.222 e. The Labute approximate surface area is 112 Å². The van der Waals surface area contributed by atoms with Gasteiger partial charge in [0.05, 0.1) is 12.5 Å². The number of nitrogens with one attached hydrogen (secondary N) is 1. The van der Waals surface area contributed by atoms with Crippen LogP contribution >= 0.6 is 15.9 Å². The predicted octanol–water partition coefficient (Wildman–Crippen LogP) is 2.63. The third kappa shape index (κ3) is 4.59. The molecule has 1 saturated heterocycles. The zero-order valence-corrected chi connectivity index (χ0v) is 11.9. The molecular formula is C13H22BrNO2. The van der Waals surface area contributed by atoms with Crippen molar-refractivity contribution in [2.75, 3.05) is 13.2 Å². The second-order valence-corrected chi connectivity index (χ2v) is 6.56. The third-order valence-corrected chi connectivity index (χ3v) is 4.72. The standard InChI is InChI=1S/C13H22BrNO2/c14-11-5-3-10(4-6-11)9-15-13(16)8-12-2-1-7-17-12/h10-12H,1-9H2,(H,15,16). The van der Waals surface area contributed by atoms with E-state index in [9.17, 15) is 4.79 Å². The van der Waals surface area contributed by atoms with E-state index in [4.69, 9.17) is 4.74 Å². The van der Waals surface area contributed by atoms with Crippen molar-refractivity contribution in [3.63, 3.8) is 0 Å². The van der Waals surface area contributed by atoms with Gasteiger partial charge in [-0.3, -0.25) is 4.79 Å². The number of rotatable bonds is 4. The van der Waals surface area contributed by atoms with Crippen molar-refractivity contribution in [1.29, 1.82) is 0 Å². The second kappa shape index (κ2) is 6.74. The van der Waals surface area contributed by atoms with E-state index < -0.39 is 0 Å². The molecule has 0 aromatic carbocycles. The lowest BCUT2D eigenvalue weighted by atomic mass is 9.89. The SMILES string of the molecule is O=C(CC1CCCO1)NCC1CCC(Br)CC1. The van der Waals surface area contributed by atoms with E-state index in [1.807, 2.05) is 0 Å². The number of hydrogen-bond donors (Lipinski definition) is 1. The zero-order valence-electron chi connectivity index (χ0n) is 10.3. The molecule has 17 heavy (non-hydrogen) atoms. The van der Waals surface area contributed by atoms with Gasteiger partial charge in [0, 0.05) is 18.0 Å². The Hall–Kier alpha value is -0.0900. The van der Waals surface area contributed by atoms with Crippen molar-refractivity contribution in [1.82, 2.24) is 5.32 Å². The molecule has 1 N–H and O–H groups in total. The van der Waals surface area contributed by atoms with Crippen LogP contribution in [0.2, 0.25) is 0 Å². The van der Waals surface area contributed by atoms with Crippen molar-refractivity contribution in [2.45, 2.75) is 55.9 Å². The smallest absolute Gasteiger partial charge is 0.222 e. The molecule has 4 heteroatoms. The molecule has 1 atom stereocenters. The molecule has 2 aliphatic rings. The van der Waals surface area contributed by atoms with Crippen molar-refractivity contribution < 1.29 is 9.53 Å². The lowest BCUT2D eigenvalue weighted by molar-refractivity contribution is -0.123. The largest absolute Gasteiger partial charge is 0.378 e. The van der Waals surface area contributed by atoms with E-state index >= 15 is 0 Å². The summed E-state index contributed by atoms with van der Waals surface area (Å²) >= 11 is 3.65. The van der Waals surface area contributed by atoms with Crippen LogP contribution in [-0.4, -0.2) is 30.0 Å². The van der Waals surface area contributed by atoms with Gasteiger partial charge in [-0.25, -0.2) is 0 Å². The molecule has 0 aromatic heterocycles. The summed E-state index contributed by atoms with van der Waals surface area (Å²) in [4.78, 5) is 12.4. The average Bonchev–Trinajstić information content (AvgIpc) is 2.81. The third-order valence-electron chi connectivity index (χ3n) is 3.80. The topological polar surface area (TPSA) is 38.3 Å². The lowest BCUT2D eigenvalue weighted by Gasteiger charge is -2.25. The van der Waals surface area contributed by atoms with Gasteiger partial charge in [0.15, 0.2) is 0 Å². The van der Waals surface area contributed by atoms with Crippen LogP contribution < -0.4 is 5.32 Å². The lowest BCUT2D eigenvalue weighted by Crippen LogP contribution is -2.33. The molecule has 1 heterocycles. The van der Waals surface area contributed by atoms with Gasteiger partial charge in [0.25, 0.3) is 0 Å². The first kappa shape index (κ1) is 13.3. The molecule has 1 unspecified atom stereocenters. The Morgan fingerprint density at radius 1 is 1.24 bits per heavy atom. The molecule has 0 aromatic rings. The highest BCUT2D eigenvalue weighted by molar-refractivity contribution is 9.09. The first-order valence-electron chi connectivity index (χ1n) is 6.76. The Bertz CT molecular complexity index is 246. The number of carbonyl (C=O) groups is 1. The van der Waals surface area contributed by atoms with E-state index in [1.165, 1.54) is 25.7 Å². The Balaban J connectivity index is 1.59. The molecule has 1 aliphatic carbocycles. The van der Waals surface area contributed by atoms with Crippen molar-refractivity contribution in [3.8, 4) is 0 Å². The molecule has 0 bridgehead atoms. The summed E-state index contributed by atoms with van der Waals surface area (Å²) in [5.74, 6) is 0.843. The van der Waals surface area contributed by atoms with E-state index in [0.717, 1.165) is 26.0 Å². The Kier molecular flexibility index (Phi) is 5.29. The molecule has 3 nitrogen and oxygen atoms in total. The average molecular weight is 304 g/mol. The summed E-state index contributed by atoms with van der Waals surface area (Å²) in [5, 5.41) is 3.06. The highest BCUT2D eigenvalue weighted by Crippen LogP contribution is 2.28. The number of halogens is 1. The summed E-state index contributed by atoms with van der Waals surface area (Å²) in [6, 6.07) is 0. The summed E-state index contributed by atoms with van der Waals surface area (Å²) in [6.45, 7) is 1.68. The Morgan fingerprint density at radius 3 is 2.65 bits per heavy atom. The van der Waals surface area contributed by atoms with Crippen LogP contribution in [0, 0.1) is 5.92 Å². The van der Waals surface area contributed by atoms with Crippen LogP contribution in [0.4, 0.5) is 0 Å². The van der Waals surface area contributed by atoms with Crippen LogP contribution in [-0.2, 0) is 9.53 Å². The van der Waals surface area contributed by atoms with Gasteiger partial charge in [0.1, 0.15) is 0 Å². The predicted molar refractivity (Wildman–Crippen MR) is 71.3 cm³/mol. The van der Waals surface area contributed by atoms with E-state index in [1.54, 1.807) is 0 Å². The minimum Gasteiger partial charge on any atom is -0.378 e. The van der Waals surface area contributed by atoms with Crippen molar-refractivity contribution >= 4 is 21.8 Å². The second-order valence-electron chi connectivity index (χ2n) is 5.26. The van der Waals surface area contributed by atoms with E-state index in [0.29, 0.717) is 17.2 Å². The molecule has 1 saturated carbocycles. The van der Waals surface area contributed by atoms with Gasteiger partial charge < -0.3 is 10.1 Å².